The number of carbonyl (C=O) groups is 1. The molecule has 1 aromatic heterocycles. The number of aromatic nitrogens is 1. The fourth-order valence-corrected chi connectivity index (χ4v) is 3.07. The van der Waals surface area contributed by atoms with Gasteiger partial charge in [0.2, 0.25) is 5.91 Å². The summed E-state index contributed by atoms with van der Waals surface area (Å²) in [7, 11) is 1.83. The number of anilines is 1. The normalized spacial score (nSPS) is 11.7. The van der Waals surface area contributed by atoms with E-state index >= 15 is 0 Å². The molecule has 0 aliphatic carbocycles. The summed E-state index contributed by atoms with van der Waals surface area (Å²) < 4.78 is 0. The second-order valence-electron chi connectivity index (χ2n) is 5.34. The van der Waals surface area contributed by atoms with Crippen LogP contribution in [0.1, 0.15) is 22.9 Å². The Morgan fingerprint density at radius 1 is 1.43 bits per heavy atom. The summed E-state index contributed by atoms with van der Waals surface area (Å²) in [5.74, 6) is -0.109. The molecule has 0 aliphatic rings. The summed E-state index contributed by atoms with van der Waals surface area (Å²) in [6.07, 6.45) is 2.57. The standard InChI is InChI=1S/C16H20ClN3OS.ClH/c1-10-4-5-12(7-14(10)17)6-13-9-19-16(22-13)20-15(21)11(2)8-18-3;/h4-5,7,9,11,18H,6,8H2,1-3H3,(H,19,20,21);1H. The molecule has 4 nitrogen and oxygen atoms in total. The number of aryl methyl sites for hydroxylation is 1. The molecule has 0 radical (unpaired) electrons. The van der Waals surface area contributed by atoms with Crippen LogP contribution in [0.5, 0.6) is 0 Å². The molecule has 1 amide bonds. The molecule has 7 heteroatoms. The Kier molecular flexibility index (Phi) is 7.99. The van der Waals surface area contributed by atoms with Crippen molar-refractivity contribution in [2.45, 2.75) is 20.3 Å². The van der Waals surface area contributed by atoms with Gasteiger partial charge in [-0.1, -0.05) is 30.7 Å². The first-order chi connectivity index (χ1) is 10.5. The van der Waals surface area contributed by atoms with Crippen molar-refractivity contribution in [3.05, 3.63) is 45.4 Å². The zero-order valence-electron chi connectivity index (χ0n) is 13.4. The molecule has 0 fully saturated rings. The number of halogens is 2. The Morgan fingerprint density at radius 2 is 2.17 bits per heavy atom. The van der Waals surface area contributed by atoms with Crippen molar-refractivity contribution in [2.75, 3.05) is 18.9 Å². The van der Waals surface area contributed by atoms with Gasteiger partial charge in [-0.3, -0.25) is 4.79 Å². The molecular weight excluding hydrogens is 353 g/mol. The van der Waals surface area contributed by atoms with E-state index in [1.165, 1.54) is 11.3 Å². The van der Waals surface area contributed by atoms with Gasteiger partial charge < -0.3 is 10.6 Å². The molecule has 2 N–H and O–H groups in total. The van der Waals surface area contributed by atoms with Crippen LogP contribution in [0, 0.1) is 12.8 Å². The van der Waals surface area contributed by atoms with Crippen LogP contribution in [-0.4, -0.2) is 24.5 Å². The van der Waals surface area contributed by atoms with Gasteiger partial charge in [0.25, 0.3) is 0 Å². The SMILES string of the molecule is CNCC(C)C(=O)Nc1ncc(Cc2ccc(C)c(Cl)c2)s1.Cl. The maximum Gasteiger partial charge on any atom is 0.230 e. The van der Waals surface area contributed by atoms with Crippen molar-refractivity contribution < 1.29 is 4.79 Å². The molecule has 0 saturated heterocycles. The van der Waals surface area contributed by atoms with E-state index in [4.69, 9.17) is 11.6 Å². The molecule has 0 spiro atoms. The summed E-state index contributed by atoms with van der Waals surface area (Å²) in [5.41, 5.74) is 2.21. The van der Waals surface area contributed by atoms with E-state index < -0.39 is 0 Å². The summed E-state index contributed by atoms with van der Waals surface area (Å²) >= 11 is 7.64. The van der Waals surface area contributed by atoms with Crippen molar-refractivity contribution in [3.63, 3.8) is 0 Å². The Hall–Kier alpha value is -1.14. The smallest absolute Gasteiger partial charge is 0.230 e. The number of thiazole rings is 1. The fraction of sp³-hybridized carbons (Fsp3) is 0.375. The minimum atomic E-state index is -0.0896. The zero-order valence-corrected chi connectivity index (χ0v) is 15.7. The monoisotopic (exact) mass is 373 g/mol. The first kappa shape index (κ1) is 19.9. The minimum Gasteiger partial charge on any atom is -0.319 e. The largest absolute Gasteiger partial charge is 0.319 e. The zero-order chi connectivity index (χ0) is 16.1. The number of carbonyl (C=O) groups excluding carboxylic acids is 1. The van der Waals surface area contributed by atoms with Crippen LogP contribution >= 0.6 is 35.3 Å². The first-order valence-electron chi connectivity index (χ1n) is 7.14. The van der Waals surface area contributed by atoms with Gasteiger partial charge in [-0.05, 0) is 31.2 Å². The van der Waals surface area contributed by atoms with E-state index in [2.05, 4.69) is 21.7 Å². The summed E-state index contributed by atoms with van der Waals surface area (Å²) in [5, 5.41) is 7.26. The summed E-state index contributed by atoms with van der Waals surface area (Å²) in [6, 6.07) is 6.05. The van der Waals surface area contributed by atoms with Gasteiger partial charge in [0.1, 0.15) is 0 Å². The lowest BCUT2D eigenvalue weighted by atomic mass is 10.1. The van der Waals surface area contributed by atoms with Gasteiger partial charge in [-0.2, -0.15) is 0 Å². The van der Waals surface area contributed by atoms with Crippen LogP contribution in [0.4, 0.5) is 5.13 Å². The second-order valence-corrected chi connectivity index (χ2v) is 6.86. The third kappa shape index (κ3) is 5.77. The predicted octanol–water partition coefficient (Wildman–Crippen LogP) is 3.91. The number of hydrogen-bond acceptors (Lipinski definition) is 4. The third-order valence-electron chi connectivity index (χ3n) is 3.36. The predicted molar refractivity (Wildman–Crippen MR) is 100 cm³/mol. The van der Waals surface area contributed by atoms with Gasteiger partial charge in [-0.15, -0.1) is 23.7 Å². The number of benzene rings is 1. The number of amides is 1. The Balaban J connectivity index is 0.00000264. The lowest BCUT2D eigenvalue weighted by molar-refractivity contribution is -0.119. The molecule has 2 rings (SSSR count). The van der Waals surface area contributed by atoms with Crippen LogP contribution in [0.25, 0.3) is 0 Å². The van der Waals surface area contributed by atoms with Gasteiger partial charge in [0, 0.05) is 35.0 Å². The number of nitrogens with zero attached hydrogens (tertiary/aromatic N) is 1. The van der Waals surface area contributed by atoms with Crippen LogP contribution < -0.4 is 10.6 Å². The molecular formula is C16H21Cl2N3OS. The van der Waals surface area contributed by atoms with E-state index in [-0.39, 0.29) is 24.2 Å². The van der Waals surface area contributed by atoms with Crippen molar-refractivity contribution >= 4 is 46.4 Å². The van der Waals surface area contributed by atoms with E-state index in [1.807, 2.05) is 33.0 Å². The van der Waals surface area contributed by atoms with E-state index in [0.717, 1.165) is 27.4 Å². The number of rotatable bonds is 6. The van der Waals surface area contributed by atoms with Gasteiger partial charge in [-0.25, -0.2) is 4.98 Å². The van der Waals surface area contributed by atoms with E-state index in [1.54, 1.807) is 6.20 Å². The highest BCUT2D eigenvalue weighted by atomic mass is 35.5. The van der Waals surface area contributed by atoms with Crippen molar-refractivity contribution in [1.29, 1.82) is 0 Å². The van der Waals surface area contributed by atoms with Crippen LogP contribution in [0.2, 0.25) is 5.02 Å². The highest BCUT2D eigenvalue weighted by molar-refractivity contribution is 7.15. The van der Waals surface area contributed by atoms with Crippen LogP contribution in [-0.2, 0) is 11.2 Å². The lowest BCUT2D eigenvalue weighted by Gasteiger charge is -2.09. The minimum absolute atomic E-state index is 0. The molecule has 23 heavy (non-hydrogen) atoms. The summed E-state index contributed by atoms with van der Waals surface area (Å²) in [4.78, 5) is 17.3. The Bertz CT molecular complexity index is 661. The number of hydrogen-bond donors (Lipinski definition) is 2. The topological polar surface area (TPSA) is 54.0 Å². The molecule has 0 saturated carbocycles. The first-order valence-corrected chi connectivity index (χ1v) is 8.34. The average molecular weight is 374 g/mol. The van der Waals surface area contributed by atoms with Crippen LogP contribution in [0.15, 0.2) is 24.4 Å². The second kappa shape index (κ2) is 9.23. The van der Waals surface area contributed by atoms with Crippen molar-refractivity contribution in [3.8, 4) is 0 Å². The highest BCUT2D eigenvalue weighted by Crippen LogP contribution is 2.24. The average Bonchev–Trinajstić information content (AvgIpc) is 2.90. The highest BCUT2D eigenvalue weighted by Gasteiger charge is 2.14. The Morgan fingerprint density at radius 3 is 2.83 bits per heavy atom. The molecule has 1 aromatic carbocycles. The molecule has 0 bridgehead atoms. The molecule has 1 unspecified atom stereocenters. The van der Waals surface area contributed by atoms with Gasteiger partial charge in [0.15, 0.2) is 5.13 Å². The quantitative estimate of drug-likeness (QED) is 0.806. The maximum atomic E-state index is 12.0. The number of nitrogens with one attached hydrogen (secondary N) is 2. The third-order valence-corrected chi connectivity index (χ3v) is 4.68. The van der Waals surface area contributed by atoms with Crippen LogP contribution in [0.3, 0.4) is 0 Å². The van der Waals surface area contributed by atoms with Crippen molar-refractivity contribution in [1.82, 2.24) is 10.3 Å². The molecule has 2 aromatic rings. The molecule has 0 aliphatic heterocycles. The van der Waals surface area contributed by atoms with E-state index in [0.29, 0.717) is 11.7 Å². The lowest BCUT2D eigenvalue weighted by Crippen LogP contribution is -2.28. The Labute approximate surface area is 152 Å². The maximum absolute atomic E-state index is 12.0. The molecule has 126 valence electrons. The molecule has 1 atom stereocenters. The van der Waals surface area contributed by atoms with Crippen molar-refractivity contribution in [2.24, 2.45) is 5.92 Å². The van der Waals surface area contributed by atoms with Gasteiger partial charge >= 0.3 is 0 Å². The fourth-order valence-electron chi connectivity index (χ4n) is 2.02. The summed E-state index contributed by atoms with van der Waals surface area (Å²) in [6.45, 7) is 4.51. The molecule has 1 heterocycles. The van der Waals surface area contributed by atoms with Gasteiger partial charge in [0.05, 0.1) is 0 Å². The van der Waals surface area contributed by atoms with E-state index in [9.17, 15) is 4.79 Å².